The van der Waals surface area contributed by atoms with Gasteiger partial charge in [-0.25, -0.2) is 0 Å². The summed E-state index contributed by atoms with van der Waals surface area (Å²) < 4.78 is 11.7. The predicted molar refractivity (Wildman–Crippen MR) is 117 cm³/mol. The normalized spacial score (nSPS) is 33.5. The minimum atomic E-state index is -0.199. The SMILES string of the molecule is O=C(CCC(=O)OC1CCCC1C1CCCCC1)OC1CCCC1C1CCCCC1. The van der Waals surface area contributed by atoms with E-state index in [2.05, 4.69) is 0 Å². The molecule has 0 aromatic heterocycles. The first-order valence-electron chi connectivity index (χ1n) is 13.1. The van der Waals surface area contributed by atoms with E-state index in [1.807, 2.05) is 0 Å². The molecule has 0 saturated heterocycles. The molecule has 4 fully saturated rings. The minimum Gasteiger partial charge on any atom is -0.462 e. The maximum Gasteiger partial charge on any atom is 0.306 e. The second-order valence-corrected chi connectivity index (χ2v) is 10.5. The average molecular weight is 419 g/mol. The van der Waals surface area contributed by atoms with Crippen LogP contribution in [0.2, 0.25) is 0 Å². The van der Waals surface area contributed by atoms with Crippen LogP contribution < -0.4 is 0 Å². The molecule has 0 aromatic carbocycles. The number of carbonyl (C=O) groups is 2. The molecular formula is C26H42O4. The van der Waals surface area contributed by atoms with Crippen LogP contribution in [0.4, 0.5) is 0 Å². The highest BCUT2D eigenvalue weighted by Crippen LogP contribution is 2.42. The number of ether oxygens (including phenoxy) is 2. The van der Waals surface area contributed by atoms with Crippen LogP contribution in [0, 0.1) is 23.7 Å². The lowest BCUT2D eigenvalue weighted by atomic mass is 9.78. The Labute approximate surface area is 182 Å². The van der Waals surface area contributed by atoms with Gasteiger partial charge < -0.3 is 9.47 Å². The fraction of sp³-hybridized carbons (Fsp3) is 0.923. The van der Waals surface area contributed by atoms with Crippen molar-refractivity contribution < 1.29 is 19.1 Å². The van der Waals surface area contributed by atoms with E-state index in [1.165, 1.54) is 89.9 Å². The molecule has 30 heavy (non-hydrogen) atoms. The lowest BCUT2D eigenvalue weighted by Crippen LogP contribution is -2.30. The highest BCUT2D eigenvalue weighted by molar-refractivity contribution is 5.77. The van der Waals surface area contributed by atoms with Gasteiger partial charge in [0.05, 0.1) is 12.8 Å². The van der Waals surface area contributed by atoms with E-state index in [9.17, 15) is 9.59 Å². The number of hydrogen-bond acceptors (Lipinski definition) is 4. The smallest absolute Gasteiger partial charge is 0.306 e. The lowest BCUT2D eigenvalue weighted by Gasteiger charge is -2.31. The topological polar surface area (TPSA) is 52.6 Å². The molecule has 0 radical (unpaired) electrons. The number of hydrogen-bond donors (Lipinski definition) is 0. The molecule has 0 heterocycles. The van der Waals surface area contributed by atoms with E-state index < -0.39 is 0 Å². The van der Waals surface area contributed by atoms with Crippen molar-refractivity contribution in [2.24, 2.45) is 23.7 Å². The van der Waals surface area contributed by atoms with Crippen molar-refractivity contribution in [3.63, 3.8) is 0 Å². The summed E-state index contributed by atoms with van der Waals surface area (Å²) in [6.45, 7) is 0. The third-order valence-electron chi connectivity index (χ3n) is 8.62. The van der Waals surface area contributed by atoms with E-state index in [4.69, 9.17) is 9.47 Å². The fourth-order valence-corrected chi connectivity index (χ4v) is 7.06. The van der Waals surface area contributed by atoms with E-state index in [0.717, 1.165) is 24.7 Å². The van der Waals surface area contributed by atoms with Crippen LogP contribution in [0.3, 0.4) is 0 Å². The first-order valence-corrected chi connectivity index (χ1v) is 13.1. The summed E-state index contributed by atoms with van der Waals surface area (Å²) in [5.41, 5.74) is 0. The van der Waals surface area contributed by atoms with Gasteiger partial charge in [0.25, 0.3) is 0 Å². The van der Waals surface area contributed by atoms with Gasteiger partial charge in [0.2, 0.25) is 0 Å². The number of esters is 2. The summed E-state index contributed by atoms with van der Waals surface area (Å²) in [4.78, 5) is 24.9. The highest BCUT2D eigenvalue weighted by Gasteiger charge is 2.38. The van der Waals surface area contributed by atoms with Gasteiger partial charge in [-0.3, -0.25) is 9.59 Å². The molecule has 4 saturated carbocycles. The van der Waals surface area contributed by atoms with Crippen molar-refractivity contribution in [1.29, 1.82) is 0 Å². The molecule has 4 rings (SSSR count). The van der Waals surface area contributed by atoms with Gasteiger partial charge >= 0.3 is 11.9 Å². The molecule has 4 nitrogen and oxygen atoms in total. The molecule has 4 heteroatoms. The Morgan fingerprint density at radius 1 is 0.500 bits per heavy atom. The molecule has 0 amide bonds. The molecule has 0 aliphatic heterocycles. The third kappa shape index (κ3) is 5.79. The van der Waals surface area contributed by atoms with Crippen LogP contribution >= 0.6 is 0 Å². The predicted octanol–water partition coefficient (Wildman–Crippen LogP) is 6.35. The molecule has 0 spiro atoms. The van der Waals surface area contributed by atoms with Crippen LogP contribution in [-0.2, 0) is 19.1 Å². The van der Waals surface area contributed by atoms with E-state index in [0.29, 0.717) is 11.8 Å². The number of carbonyl (C=O) groups excluding carboxylic acids is 2. The average Bonchev–Trinajstić information content (AvgIpc) is 3.43. The Kier molecular flexibility index (Phi) is 8.12. The highest BCUT2D eigenvalue weighted by atomic mass is 16.6. The lowest BCUT2D eigenvalue weighted by molar-refractivity contribution is -0.159. The Morgan fingerprint density at radius 2 is 0.900 bits per heavy atom. The van der Waals surface area contributed by atoms with Gasteiger partial charge in [0, 0.05) is 0 Å². The minimum absolute atomic E-state index is 0.0853. The second kappa shape index (κ2) is 11.0. The summed E-state index contributed by atoms with van der Waals surface area (Å²) in [6, 6.07) is 0. The Bertz CT molecular complexity index is 511. The molecule has 4 atom stereocenters. The monoisotopic (exact) mass is 418 g/mol. The zero-order chi connectivity index (χ0) is 20.8. The van der Waals surface area contributed by atoms with Gasteiger partial charge in [-0.1, -0.05) is 64.2 Å². The maximum atomic E-state index is 12.5. The molecule has 170 valence electrons. The van der Waals surface area contributed by atoms with Crippen molar-refractivity contribution in [2.75, 3.05) is 0 Å². The molecule has 0 aromatic rings. The molecule has 4 unspecified atom stereocenters. The molecule has 0 N–H and O–H groups in total. The molecule has 4 aliphatic rings. The quantitative estimate of drug-likeness (QED) is 0.452. The van der Waals surface area contributed by atoms with Gasteiger partial charge in [-0.05, 0) is 62.2 Å². The largest absolute Gasteiger partial charge is 0.462 e. The van der Waals surface area contributed by atoms with Crippen molar-refractivity contribution in [3.8, 4) is 0 Å². The first kappa shape index (κ1) is 22.1. The Morgan fingerprint density at radius 3 is 1.30 bits per heavy atom. The zero-order valence-electron chi connectivity index (χ0n) is 18.8. The standard InChI is InChI=1S/C26H42O4/c27-25(29-23-15-7-13-21(23)19-9-3-1-4-10-19)17-18-26(28)30-24-16-8-14-22(24)20-11-5-2-6-12-20/h19-24H,1-18H2. The van der Waals surface area contributed by atoms with Crippen LogP contribution in [0.15, 0.2) is 0 Å². The summed E-state index contributed by atoms with van der Waals surface area (Å²) in [5, 5.41) is 0. The third-order valence-corrected chi connectivity index (χ3v) is 8.62. The molecule has 0 bridgehead atoms. The summed E-state index contributed by atoms with van der Waals surface area (Å²) >= 11 is 0. The fourth-order valence-electron chi connectivity index (χ4n) is 7.06. The van der Waals surface area contributed by atoms with Gasteiger partial charge in [-0.15, -0.1) is 0 Å². The molecule has 4 aliphatic carbocycles. The molecular weight excluding hydrogens is 376 g/mol. The summed E-state index contributed by atoms with van der Waals surface area (Å²) in [5.74, 6) is 2.18. The van der Waals surface area contributed by atoms with Gasteiger partial charge in [0.15, 0.2) is 0 Å². The Balaban J connectivity index is 1.18. The number of rotatable bonds is 7. The summed E-state index contributed by atoms with van der Waals surface area (Å²) in [7, 11) is 0. The van der Waals surface area contributed by atoms with E-state index >= 15 is 0 Å². The Hall–Kier alpha value is -1.06. The van der Waals surface area contributed by atoms with Crippen LogP contribution in [0.1, 0.15) is 116 Å². The van der Waals surface area contributed by atoms with Crippen molar-refractivity contribution in [3.05, 3.63) is 0 Å². The van der Waals surface area contributed by atoms with Crippen LogP contribution in [0.25, 0.3) is 0 Å². The first-order chi connectivity index (χ1) is 14.7. The van der Waals surface area contributed by atoms with Crippen molar-refractivity contribution in [1.82, 2.24) is 0 Å². The summed E-state index contributed by atoms with van der Waals surface area (Å²) in [6.07, 6.45) is 20.5. The van der Waals surface area contributed by atoms with Crippen molar-refractivity contribution in [2.45, 2.75) is 128 Å². The van der Waals surface area contributed by atoms with Crippen LogP contribution in [0.5, 0.6) is 0 Å². The van der Waals surface area contributed by atoms with Crippen molar-refractivity contribution >= 4 is 11.9 Å². The maximum absolute atomic E-state index is 12.5. The van der Waals surface area contributed by atoms with Crippen LogP contribution in [-0.4, -0.2) is 24.1 Å². The zero-order valence-corrected chi connectivity index (χ0v) is 18.8. The second-order valence-electron chi connectivity index (χ2n) is 10.5. The van der Waals surface area contributed by atoms with E-state index in [-0.39, 0.29) is 37.0 Å². The van der Waals surface area contributed by atoms with Gasteiger partial charge in [-0.2, -0.15) is 0 Å². The van der Waals surface area contributed by atoms with Gasteiger partial charge in [0.1, 0.15) is 12.2 Å². The van der Waals surface area contributed by atoms with E-state index in [1.54, 1.807) is 0 Å².